The largest absolute Gasteiger partial charge is 0.388 e. The fourth-order valence-electron chi connectivity index (χ4n) is 1.26. The molecule has 5 nitrogen and oxygen atoms in total. The van der Waals surface area contributed by atoms with E-state index in [-0.39, 0.29) is 0 Å². The van der Waals surface area contributed by atoms with Crippen LogP contribution in [0.4, 0.5) is 11.8 Å². The number of hydrogen-bond acceptors (Lipinski definition) is 5. The van der Waals surface area contributed by atoms with Crippen LogP contribution in [0, 0.1) is 6.92 Å². The van der Waals surface area contributed by atoms with Crippen LogP contribution in [0.15, 0.2) is 6.20 Å². The maximum atomic E-state index is 10.1. The van der Waals surface area contributed by atoms with Crippen molar-refractivity contribution in [1.29, 1.82) is 0 Å². The summed E-state index contributed by atoms with van der Waals surface area (Å²) < 4.78 is 0. The molecule has 0 aliphatic rings. The Morgan fingerprint density at radius 1 is 1.28 bits per heavy atom. The van der Waals surface area contributed by atoms with Crippen LogP contribution in [0.5, 0.6) is 0 Å². The Hall–Kier alpha value is -1.36. The number of aromatic nitrogens is 2. The number of nitrogens with one attached hydrogen (secondary N) is 2. The van der Waals surface area contributed by atoms with E-state index in [9.17, 15) is 5.11 Å². The van der Waals surface area contributed by atoms with Gasteiger partial charge in [-0.1, -0.05) is 0 Å². The third-order valence-electron chi connectivity index (χ3n) is 3.27. The molecule has 0 atom stereocenters. The number of hydrogen-bond donors (Lipinski definition) is 3. The average Bonchev–Trinajstić information content (AvgIpc) is 2.21. The average molecular weight is 252 g/mol. The van der Waals surface area contributed by atoms with Gasteiger partial charge in [-0.15, -0.1) is 0 Å². The highest BCUT2D eigenvalue weighted by atomic mass is 16.3. The van der Waals surface area contributed by atoms with Crippen molar-refractivity contribution in [3.05, 3.63) is 11.8 Å². The molecule has 0 saturated carbocycles. The standard InChI is InChI=1S/C13H24N4O/c1-7-14-11-15-8-9(2)10(16-11)17-12(3,4)13(5,6)18/h8,18H,7H2,1-6H3,(H2,14,15,16,17). The van der Waals surface area contributed by atoms with Gasteiger partial charge in [-0.25, -0.2) is 4.98 Å². The summed E-state index contributed by atoms with van der Waals surface area (Å²) >= 11 is 0. The lowest BCUT2D eigenvalue weighted by Crippen LogP contribution is -2.51. The number of nitrogens with zero attached hydrogens (tertiary/aromatic N) is 2. The van der Waals surface area contributed by atoms with Crippen molar-refractivity contribution in [2.75, 3.05) is 17.2 Å². The third-order valence-corrected chi connectivity index (χ3v) is 3.27. The Labute approximate surface area is 109 Å². The topological polar surface area (TPSA) is 70.1 Å². The highest BCUT2D eigenvalue weighted by molar-refractivity contribution is 5.48. The molecular weight excluding hydrogens is 228 g/mol. The summed E-state index contributed by atoms with van der Waals surface area (Å²) in [7, 11) is 0. The first kappa shape index (κ1) is 14.7. The Bertz CT molecular complexity index is 410. The molecule has 0 spiro atoms. The van der Waals surface area contributed by atoms with Gasteiger partial charge in [0.15, 0.2) is 0 Å². The normalized spacial score (nSPS) is 12.4. The van der Waals surface area contributed by atoms with Crippen molar-refractivity contribution in [2.24, 2.45) is 0 Å². The smallest absolute Gasteiger partial charge is 0.224 e. The fraction of sp³-hybridized carbons (Fsp3) is 0.692. The SMILES string of the molecule is CCNc1ncc(C)c(NC(C)(C)C(C)(C)O)n1. The van der Waals surface area contributed by atoms with E-state index in [1.165, 1.54) is 0 Å². The lowest BCUT2D eigenvalue weighted by molar-refractivity contribution is 0.0238. The van der Waals surface area contributed by atoms with Gasteiger partial charge in [0.05, 0.1) is 11.1 Å². The molecule has 0 radical (unpaired) electrons. The van der Waals surface area contributed by atoms with E-state index in [0.717, 1.165) is 17.9 Å². The van der Waals surface area contributed by atoms with Gasteiger partial charge < -0.3 is 15.7 Å². The Morgan fingerprint density at radius 3 is 2.39 bits per heavy atom. The molecule has 1 aromatic heterocycles. The van der Waals surface area contributed by atoms with Crippen LogP contribution in [0.1, 0.15) is 40.2 Å². The van der Waals surface area contributed by atoms with E-state index in [4.69, 9.17) is 0 Å². The molecule has 102 valence electrons. The van der Waals surface area contributed by atoms with Gasteiger partial charge in [0, 0.05) is 18.3 Å². The van der Waals surface area contributed by atoms with E-state index < -0.39 is 11.1 Å². The maximum absolute atomic E-state index is 10.1. The van der Waals surface area contributed by atoms with Crippen LogP contribution in [0.2, 0.25) is 0 Å². The number of rotatable bonds is 5. The third kappa shape index (κ3) is 3.32. The molecule has 18 heavy (non-hydrogen) atoms. The molecule has 1 rings (SSSR count). The summed E-state index contributed by atoms with van der Waals surface area (Å²) in [6.45, 7) is 12.2. The highest BCUT2D eigenvalue weighted by Gasteiger charge is 2.35. The Balaban J connectivity index is 3.00. The zero-order valence-corrected chi connectivity index (χ0v) is 12.1. The molecule has 0 aliphatic heterocycles. The monoisotopic (exact) mass is 252 g/mol. The summed E-state index contributed by atoms with van der Waals surface area (Å²) in [5.41, 5.74) is -0.396. The fourth-order valence-corrected chi connectivity index (χ4v) is 1.26. The van der Waals surface area contributed by atoms with Gasteiger partial charge in [0.2, 0.25) is 5.95 Å². The molecule has 0 aromatic carbocycles. The summed E-state index contributed by atoms with van der Waals surface area (Å²) in [5.74, 6) is 1.34. The second kappa shape index (κ2) is 5.10. The van der Waals surface area contributed by atoms with Crippen LogP contribution in [-0.4, -0.2) is 32.8 Å². The van der Waals surface area contributed by atoms with Gasteiger partial charge in [0.1, 0.15) is 5.82 Å². The molecule has 0 amide bonds. The van der Waals surface area contributed by atoms with Crippen molar-refractivity contribution < 1.29 is 5.11 Å². The van der Waals surface area contributed by atoms with Crippen LogP contribution in [-0.2, 0) is 0 Å². The summed E-state index contributed by atoms with van der Waals surface area (Å²) in [6.07, 6.45) is 1.77. The van der Waals surface area contributed by atoms with E-state index in [2.05, 4.69) is 20.6 Å². The molecule has 5 heteroatoms. The first-order chi connectivity index (χ1) is 8.17. The van der Waals surface area contributed by atoms with E-state index in [0.29, 0.717) is 5.95 Å². The quantitative estimate of drug-likeness (QED) is 0.749. The predicted octanol–water partition coefficient (Wildman–Crippen LogP) is 2.18. The van der Waals surface area contributed by atoms with Crippen molar-refractivity contribution >= 4 is 11.8 Å². The molecule has 3 N–H and O–H groups in total. The lowest BCUT2D eigenvalue weighted by atomic mass is 9.86. The second-order valence-corrected chi connectivity index (χ2v) is 5.56. The lowest BCUT2D eigenvalue weighted by Gasteiger charge is -2.38. The number of aliphatic hydroxyl groups is 1. The van der Waals surface area contributed by atoms with Crippen molar-refractivity contribution in [3.63, 3.8) is 0 Å². The summed E-state index contributed by atoms with van der Waals surface area (Å²) in [6, 6.07) is 0. The molecule has 1 heterocycles. The molecule has 0 fully saturated rings. The van der Waals surface area contributed by atoms with E-state index in [1.807, 2.05) is 27.7 Å². The van der Waals surface area contributed by atoms with Crippen molar-refractivity contribution in [2.45, 2.75) is 52.7 Å². The first-order valence-corrected chi connectivity index (χ1v) is 6.25. The van der Waals surface area contributed by atoms with Crippen LogP contribution in [0.3, 0.4) is 0 Å². The second-order valence-electron chi connectivity index (χ2n) is 5.56. The van der Waals surface area contributed by atoms with Gasteiger partial charge in [-0.3, -0.25) is 0 Å². The maximum Gasteiger partial charge on any atom is 0.224 e. The molecule has 0 unspecified atom stereocenters. The van der Waals surface area contributed by atoms with Gasteiger partial charge in [-0.05, 0) is 41.5 Å². The first-order valence-electron chi connectivity index (χ1n) is 6.25. The molecular formula is C13H24N4O. The van der Waals surface area contributed by atoms with Crippen LogP contribution >= 0.6 is 0 Å². The van der Waals surface area contributed by atoms with Crippen molar-refractivity contribution in [1.82, 2.24) is 9.97 Å². The van der Waals surface area contributed by atoms with Gasteiger partial charge in [-0.2, -0.15) is 4.98 Å². The molecule has 0 saturated heterocycles. The molecule has 1 aromatic rings. The van der Waals surface area contributed by atoms with E-state index in [1.54, 1.807) is 20.0 Å². The van der Waals surface area contributed by atoms with Crippen LogP contribution < -0.4 is 10.6 Å². The minimum Gasteiger partial charge on any atom is -0.388 e. The Morgan fingerprint density at radius 2 is 1.89 bits per heavy atom. The summed E-state index contributed by atoms with van der Waals surface area (Å²) in [5, 5.41) is 16.5. The molecule has 0 bridgehead atoms. The Kier molecular flexibility index (Phi) is 4.16. The van der Waals surface area contributed by atoms with Crippen molar-refractivity contribution in [3.8, 4) is 0 Å². The number of anilines is 2. The van der Waals surface area contributed by atoms with E-state index >= 15 is 0 Å². The van der Waals surface area contributed by atoms with Crippen LogP contribution in [0.25, 0.3) is 0 Å². The number of aryl methyl sites for hydroxylation is 1. The molecule has 0 aliphatic carbocycles. The van der Waals surface area contributed by atoms with Gasteiger partial charge in [0.25, 0.3) is 0 Å². The predicted molar refractivity (Wildman–Crippen MR) is 74.9 cm³/mol. The van der Waals surface area contributed by atoms with Gasteiger partial charge >= 0.3 is 0 Å². The summed E-state index contributed by atoms with van der Waals surface area (Å²) in [4.78, 5) is 8.61. The zero-order chi connectivity index (χ0) is 14.0. The highest BCUT2D eigenvalue weighted by Crippen LogP contribution is 2.26. The minimum atomic E-state index is -0.858. The zero-order valence-electron chi connectivity index (χ0n) is 12.1. The minimum absolute atomic E-state index is 0.490.